The second-order valence-electron chi connectivity index (χ2n) is 6.97. The van der Waals surface area contributed by atoms with Crippen LogP contribution in [0.3, 0.4) is 0 Å². The summed E-state index contributed by atoms with van der Waals surface area (Å²) in [7, 11) is 1.42. The van der Waals surface area contributed by atoms with Crippen molar-refractivity contribution in [2.24, 2.45) is 0 Å². The van der Waals surface area contributed by atoms with E-state index in [0.29, 0.717) is 11.3 Å². The van der Waals surface area contributed by atoms with Gasteiger partial charge in [-0.3, -0.25) is 19.3 Å². The van der Waals surface area contributed by atoms with Gasteiger partial charge < -0.3 is 15.4 Å². The Morgan fingerprint density at radius 2 is 1.72 bits per heavy atom. The minimum absolute atomic E-state index is 0.0110. The Labute approximate surface area is 181 Å². The van der Waals surface area contributed by atoms with Gasteiger partial charge in [0.2, 0.25) is 5.91 Å². The molecule has 0 bridgehead atoms. The lowest BCUT2D eigenvalue weighted by Gasteiger charge is -2.15. The van der Waals surface area contributed by atoms with Crippen molar-refractivity contribution < 1.29 is 32.3 Å². The first-order valence-corrected chi connectivity index (χ1v) is 9.53. The molecule has 2 aromatic carbocycles. The molecule has 0 fully saturated rings. The van der Waals surface area contributed by atoms with Crippen molar-refractivity contribution in [3.8, 4) is 0 Å². The van der Waals surface area contributed by atoms with E-state index >= 15 is 0 Å². The predicted octanol–water partition coefficient (Wildman–Crippen LogP) is 3.50. The maximum atomic E-state index is 13.1. The quantitative estimate of drug-likeness (QED) is 0.635. The number of carbonyl (C=O) groups is 3. The van der Waals surface area contributed by atoms with Crippen LogP contribution < -0.4 is 10.6 Å². The summed E-state index contributed by atoms with van der Waals surface area (Å²) in [6, 6.07) is 10.5. The van der Waals surface area contributed by atoms with Crippen molar-refractivity contribution in [3.63, 3.8) is 0 Å². The summed E-state index contributed by atoms with van der Waals surface area (Å²) >= 11 is 0. The van der Waals surface area contributed by atoms with E-state index < -0.39 is 23.6 Å². The number of imide groups is 1. The molecule has 2 N–H and O–H groups in total. The van der Waals surface area contributed by atoms with E-state index in [0.717, 1.165) is 17.0 Å². The summed E-state index contributed by atoms with van der Waals surface area (Å²) in [6.45, 7) is 1.43. The second-order valence-corrected chi connectivity index (χ2v) is 6.97. The van der Waals surface area contributed by atoms with Crippen molar-refractivity contribution in [3.05, 3.63) is 65.4 Å². The number of nitrogens with zero attached hydrogens (tertiary/aromatic N) is 1. The van der Waals surface area contributed by atoms with Gasteiger partial charge in [-0.2, -0.15) is 13.2 Å². The van der Waals surface area contributed by atoms with Crippen molar-refractivity contribution in [2.45, 2.75) is 13.1 Å². The van der Waals surface area contributed by atoms with E-state index in [1.54, 1.807) is 24.3 Å². The Morgan fingerprint density at radius 3 is 2.31 bits per heavy atom. The van der Waals surface area contributed by atoms with Gasteiger partial charge in [0.25, 0.3) is 11.8 Å². The van der Waals surface area contributed by atoms with Gasteiger partial charge in [-0.05, 0) is 35.9 Å². The first kappa shape index (κ1) is 23.0. The summed E-state index contributed by atoms with van der Waals surface area (Å²) in [4.78, 5) is 38.2. The van der Waals surface area contributed by atoms with Gasteiger partial charge >= 0.3 is 6.18 Å². The summed E-state index contributed by atoms with van der Waals surface area (Å²) in [5.41, 5.74) is -0.154. The molecule has 168 valence electrons. The minimum Gasteiger partial charge on any atom is -0.383 e. The van der Waals surface area contributed by atoms with Crippen molar-refractivity contribution in [2.75, 3.05) is 30.9 Å². The topological polar surface area (TPSA) is 87.7 Å². The van der Waals surface area contributed by atoms with Gasteiger partial charge in [-0.25, -0.2) is 0 Å². The molecule has 0 aromatic heterocycles. The Bertz CT molecular complexity index is 1080. The SMILES string of the molecule is COCCN1C(=O)C(Nc2cccc(C(F)(F)F)c2)=C(c2ccc(NC(C)=O)cc2)C1=O. The fraction of sp³-hybridized carbons (Fsp3) is 0.227. The lowest BCUT2D eigenvalue weighted by Crippen LogP contribution is -2.35. The van der Waals surface area contributed by atoms with Crippen molar-refractivity contribution in [1.82, 2.24) is 4.90 Å². The second kappa shape index (κ2) is 9.23. The highest BCUT2D eigenvalue weighted by Gasteiger charge is 2.39. The number of methoxy groups -OCH3 is 1. The lowest BCUT2D eigenvalue weighted by atomic mass is 10.0. The largest absolute Gasteiger partial charge is 0.416 e. The molecule has 0 unspecified atom stereocenters. The smallest absolute Gasteiger partial charge is 0.383 e. The van der Waals surface area contributed by atoms with Gasteiger partial charge in [0.15, 0.2) is 0 Å². The van der Waals surface area contributed by atoms with E-state index in [1.807, 2.05) is 0 Å². The lowest BCUT2D eigenvalue weighted by molar-refractivity contribution is -0.138. The van der Waals surface area contributed by atoms with Gasteiger partial charge in [-0.15, -0.1) is 0 Å². The van der Waals surface area contributed by atoms with Gasteiger partial charge in [-0.1, -0.05) is 18.2 Å². The number of anilines is 2. The number of nitrogens with one attached hydrogen (secondary N) is 2. The Hall–Kier alpha value is -3.66. The number of hydrogen-bond donors (Lipinski definition) is 2. The van der Waals surface area contributed by atoms with Crippen LogP contribution >= 0.6 is 0 Å². The molecule has 10 heteroatoms. The molecule has 3 rings (SSSR count). The number of amides is 3. The van der Waals surface area contributed by atoms with Gasteiger partial charge in [0.05, 0.1) is 24.3 Å². The summed E-state index contributed by atoms with van der Waals surface area (Å²) in [6.07, 6.45) is -4.56. The molecular weight excluding hydrogens is 427 g/mol. The van der Waals surface area contributed by atoms with E-state index in [2.05, 4.69) is 10.6 Å². The number of benzene rings is 2. The van der Waals surface area contributed by atoms with E-state index in [4.69, 9.17) is 4.74 Å². The van der Waals surface area contributed by atoms with Crippen molar-refractivity contribution in [1.29, 1.82) is 0 Å². The van der Waals surface area contributed by atoms with E-state index in [-0.39, 0.29) is 36.0 Å². The highest BCUT2D eigenvalue weighted by atomic mass is 19.4. The van der Waals surface area contributed by atoms with Crippen LogP contribution in [-0.2, 0) is 25.3 Å². The normalized spacial score (nSPS) is 14.2. The first-order valence-electron chi connectivity index (χ1n) is 9.53. The number of rotatable bonds is 7. The van der Waals surface area contributed by atoms with Gasteiger partial charge in [0.1, 0.15) is 5.70 Å². The number of ether oxygens (including phenoxy) is 1. The van der Waals surface area contributed by atoms with E-state index in [1.165, 1.54) is 26.2 Å². The minimum atomic E-state index is -4.56. The molecule has 7 nitrogen and oxygen atoms in total. The van der Waals surface area contributed by atoms with Gasteiger partial charge in [0, 0.05) is 25.4 Å². The van der Waals surface area contributed by atoms with Crippen LogP contribution in [0.2, 0.25) is 0 Å². The molecule has 0 radical (unpaired) electrons. The molecule has 2 aromatic rings. The summed E-state index contributed by atoms with van der Waals surface area (Å²) < 4.78 is 44.2. The molecule has 1 aliphatic heterocycles. The van der Waals surface area contributed by atoms with Crippen LogP contribution in [0.15, 0.2) is 54.2 Å². The fourth-order valence-electron chi connectivity index (χ4n) is 3.19. The average Bonchev–Trinajstić information content (AvgIpc) is 2.96. The van der Waals surface area contributed by atoms with E-state index in [9.17, 15) is 27.6 Å². The van der Waals surface area contributed by atoms with Crippen LogP contribution in [0.1, 0.15) is 18.1 Å². The maximum Gasteiger partial charge on any atom is 0.416 e. The zero-order valence-corrected chi connectivity index (χ0v) is 17.2. The molecule has 1 heterocycles. The first-order chi connectivity index (χ1) is 15.1. The molecule has 0 spiro atoms. The molecule has 32 heavy (non-hydrogen) atoms. The number of hydrogen-bond acceptors (Lipinski definition) is 5. The predicted molar refractivity (Wildman–Crippen MR) is 111 cm³/mol. The summed E-state index contributed by atoms with van der Waals surface area (Å²) in [5.74, 6) is -1.55. The Balaban J connectivity index is 2.02. The third-order valence-corrected chi connectivity index (χ3v) is 4.64. The standard InChI is InChI=1S/C22H20F3N3O4/c1-13(29)26-16-8-6-14(7-9-16)18-19(21(31)28(20(18)30)10-11-32-2)27-17-5-3-4-15(12-17)22(23,24)25/h3-9,12,27H,10-11H2,1-2H3,(H,26,29). The van der Waals surface area contributed by atoms with Crippen LogP contribution in [0, 0.1) is 0 Å². The van der Waals surface area contributed by atoms with Crippen LogP contribution in [0.25, 0.3) is 5.57 Å². The number of carbonyl (C=O) groups excluding carboxylic acids is 3. The zero-order valence-electron chi connectivity index (χ0n) is 17.2. The third-order valence-electron chi connectivity index (χ3n) is 4.64. The third kappa shape index (κ3) is 4.97. The van der Waals surface area contributed by atoms with Crippen molar-refractivity contribution >= 4 is 34.7 Å². The zero-order chi connectivity index (χ0) is 23.5. The molecule has 0 saturated heterocycles. The highest BCUT2D eigenvalue weighted by molar-refractivity contribution is 6.36. The molecule has 0 aliphatic carbocycles. The number of halogens is 3. The molecule has 1 aliphatic rings. The highest BCUT2D eigenvalue weighted by Crippen LogP contribution is 2.34. The molecule has 0 atom stereocenters. The van der Waals surface area contributed by atoms with Crippen LogP contribution in [0.4, 0.5) is 24.5 Å². The summed E-state index contributed by atoms with van der Waals surface area (Å²) in [5, 5.41) is 5.29. The monoisotopic (exact) mass is 447 g/mol. The van der Waals surface area contributed by atoms with Crippen LogP contribution in [-0.4, -0.2) is 42.9 Å². The molecule has 3 amide bonds. The maximum absolute atomic E-state index is 13.1. The Morgan fingerprint density at radius 1 is 1.03 bits per heavy atom. The molecule has 0 saturated carbocycles. The Kier molecular flexibility index (Phi) is 6.64. The fourth-order valence-corrected chi connectivity index (χ4v) is 3.19. The molecular formula is C22H20F3N3O4. The number of alkyl halides is 3. The average molecular weight is 447 g/mol. The van der Waals surface area contributed by atoms with Crippen LogP contribution in [0.5, 0.6) is 0 Å².